The molecule has 1 saturated carbocycles. The van der Waals surface area contributed by atoms with E-state index in [2.05, 4.69) is 27.7 Å². The summed E-state index contributed by atoms with van der Waals surface area (Å²) in [6.45, 7) is 8.85. The zero-order chi connectivity index (χ0) is 10.3. The van der Waals surface area contributed by atoms with Gasteiger partial charge in [-0.25, -0.2) is 0 Å². The van der Waals surface area contributed by atoms with Crippen LogP contribution in [0, 0.1) is 16.7 Å². The molecule has 76 valence electrons. The monoisotopic (exact) mass is 184 g/mol. The Balaban J connectivity index is 2.76. The van der Waals surface area contributed by atoms with Gasteiger partial charge in [0.15, 0.2) is 0 Å². The highest BCUT2D eigenvalue weighted by atomic mass is 16.4. The molecular formula is C11H20O2. The molecule has 1 aliphatic rings. The van der Waals surface area contributed by atoms with Crippen LogP contribution >= 0.6 is 0 Å². The van der Waals surface area contributed by atoms with E-state index in [1.54, 1.807) is 0 Å². The normalized spacial score (nSPS) is 31.2. The molecule has 1 atom stereocenters. The van der Waals surface area contributed by atoms with E-state index in [-0.39, 0.29) is 16.7 Å². The highest BCUT2D eigenvalue weighted by Gasteiger charge is 2.44. The van der Waals surface area contributed by atoms with Gasteiger partial charge in [-0.15, -0.1) is 0 Å². The molecule has 0 bridgehead atoms. The third kappa shape index (κ3) is 1.87. The van der Waals surface area contributed by atoms with E-state index in [0.29, 0.717) is 0 Å². The summed E-state index contributed by atoms with van der Waals surface area (Å²) in [6.07, 6.45) is 2.68. The maximum absolute atomic E-state index is 10.9. The number of hydrogen-bond acceptors (Lipinski definition) is 1. The molecule has 0 aromatic rings. The molecular weight excluding hydrogens is 164 g/mol. The molecule has 1 fully saturated rings. The van der Waals surface area contributed by atoms with Gasteiger partial charge >= 0.3 is 5.97 Å². The van der Waals surface area contributed by atoms with Gasteiger partial charge in [-0.05, 0) is 30.1 Å². The molecule has 1 aliphatic carbocycles. The van der Waals surface area contributed by atoms with E-state index < -0.39 is 5.97 Å². The highest BCUT2D eigenvalue weighted by Crippen LogP contribution is 2.51. The van der Waals surface area contributed by atoms with Crippen molar-refractivity contribution in [3.63, 3.8) is 0 Å². The van der Waals surface area contributed by atoms with Crippen LogP contribution in [0.2, 0.25) is 0 Å². The molecule has 0 spiro atoms. The molecule has 2 nitrogen and oxygen atoms in total. The lowest BCUT2D eigenvalue weighted by molar-refractivity contribution is -0.146. The zero-order valence-corrected chi connectivity index (χ0v) is 9.05. The Morgan fingerprint density at radius 3 is 2.15 bits per heavy atom. The summed E-state index contributed by atoms with van der Waals surface area (Å²) in [5, 5.41) is 8.94. The van der Waals surface area contributed by atoms with Crippen LogP contribution in [0.25, 0.3) is 0 Å². The largest absolute Gasteiger partial charge is 0.481 e. The van der Waals surface area contributed by atoms with Gasteiger partial charge in [-0.1, -0.05) is 27.7 Å². The van der Waals surface area contributed by atoms with Crippen molar-refractivity contribution < 1.29 is 9.90 Å². The van der Waals surface area contributed by atoms with Crippen LogP contribution in [-0.2, 0) is 4.79 Å². The van der Waals surface area contributed by atoms with Gasteiger partial charge in [0.25, 0.3) is 0 Å². The molecule has 2 heteroatoms. The molecule has 0 radical (unpaired) electrons. The van der Waals surface area contributed by atoms with Crippen LogP contribution in [0.3, 0.4) is 0 Å². The Kier molecular flexibility index (Phi) is 2.44. The summed E-state index contributed by atoms with van der Waals surface area (Å²) in [7, 11) is 0. The third-order valence-corrected chi connectivity index (χ3v) is 4.06. The van der Waals surface area contributed by atoms with Crippen molar-refractivity contribution in [1.29, 1.82) is 0 Å². The van der Waals surface area contributed by atoms with E-state index in [1.165, 1.54) is 0 Å². The summed E-state index contributed by atoms with van der Waals surface area (Å²) in [5.74, 6) is -0.744. The van der Waals surface area contributed by atoms with E-state index in [1.807, 2.05) is 0 Å². The minimum Gasteiger partial charge on any atom is -0.481 e. The van der Waals surface area contributed by atoms with Crippen molar-refractivity contribution in [2.24, 2.45) is 16.7 Å². The smallest absolute Gasteiger partial charge is 0.306 e. The summed E-state index contributed by atoms with van der Waals surface area (Å²) < 4.78 is 0. The van der Waals surface area contributed by atoms with Crippen LogP contribution in [0.15, 0.2) is 0 Å². The van der Waals surface area contributed by atoms with Gasteiger partial charge in [0.1, 0.15) is 0 Å². The zero-order valence-electron chi connectivity index (χ0n) is 9.05. The molecule has 0 heterocycles. The predicted octanol–water partition coefficient (Wildman–Crippen LogP) is 2.92. The predicted molar refractivity (Wildman–Crippen MR) is 52.5 cm³/mol. The topological polar surface area (TPSA) is 37.3 Å². The van der Waals surface area contributed by atoms with E-state index in [0.717, 1.165) is 19.3 Å². The first-order chi connectivity index (χ1) is 5.76. The lowest BCUT2D eigenvalue weighted by Gasteiger charge is -2.47. The quantitative estimate of drug-likeness (QED) is 0.680. The van der Waals surface area contributed by atoms with Crippen LogP contribution < -0.4 is 0 Å². The molecule has 0 aromatic heterocycles. The third-order valence-electron chi connectivity index (χ3n) is 4.06. The summed E-state index contributed by atoms with van der Waals surface area (Å²) in [5.41, 5.74) is 0.424. The molecule has 1 rings (SSSR count). The van der Waals surface area contributed by atoms with Crippen LogP contribution in [0.5, 0.6) is 0 Å². The van der Waals surface area contributed by atoms with Crippen molar-refractivity contribution in [2.75, 3.05) is 0 Å². The minimum atomic E-state index is -0.622. The number of carboxylic acid groups (broad SMARTS) is 1. The lowest BCUT2D eigenvalue weighted by atomic mass is 9.57. The molecule has 1 unspecified atom stereocenters. The molecule has 0 aliphatic heterocycles. The average molecular weight is 184 g/mol. The summed E-state index contributed by atoms with van der Waals surface area (Å²) in [6, 6.07) is 0. The van der Waals surface area contributed by atoms with Crippen molar-refractivity contribution in [3.05, 3.63) is 0 Å². The second-order valence-corrected chi connectivity index (χ2v) is 5.55. The summed E-state index contributed by atoms with van der Waals surface area (Å²) in [4.78, 5) is 10.9. The van der Waals surface area contributed by atoms with Crippen molar-refractivity contribution in [3.8, 4) is 0 Å². The van der Waals surface area contributed by atoms with Gasteiger partial charge < -0.3 is 5.11 Å². The second kappa shape index (κ2) is 3.00. The summed E-state index contributed by atoms with van der Waals surface area (Å²) >= 11 is 0. The molecule has 0 amide bonds. The second-order valence-electron chi connectivity index (χ2n) is 5.55. The Bertz CT molecular complexity index is 216. The van der Waals surface area contributed by atoms with Gasteiger partial charge in [0.2, 0.25) is 0 Å². The molecule has 0 saturated heterocycles. The number of rotatable bonds is 1. The van der Waals surface area contributed by atoms with E-state index in [4.69, 9.17) is 5.11 Å². The number of carboxylic acids is 1. The van der Waals surface area contributed by atoms with Crippen LogP contribution in [-0.4, -0.2) is 11.1 Å². The molecule has 0 aromatic carbocycles. The lowest BCUT2D eigenvalue weighted by Crippen LogP contribution is -2.40. The first kappa shape index (κ1) is 10.6. The van der Waals surface area contributed by atoms with E-state index in [9.17, 15) is 4.79 Å². The fourth-order valence-electron chi connectivity index (χ4n) is 2.08. The van der Waals surface area contributed by atoms with Crippen LogP contribution in [0.4, 0.5) is 0 Å². The maximum Gasteiger partial charge on any atom is 0.306 e. The van der Waals surface area contributed by atoms with Crippen LogP contribution in [0.1, 0.15) is 47.0 Å². The Hall–Kier alpha value is -0.530. The highest BCUT2D eigenvalue weighted by molar-refractivity contribution is 5.70. The maximum atomic E-state index is 10.9. The molecule has 13 heavy (non-hydrogen) atoms. The first-order valence-electron chi connectivity index (χ1n) is 4.99. The van der Waals surface area contributed by atoms with E-state index >= 15 is 0 Å². The Morgan fingerprint density at radius 2 is 1.77 bits per heavy atom. The number of hydrogen-bond donors (Lipinski definition) is 1. The fraction of sp³-hybridized carbons (Fsp3) is 0.909. The number of carbonyl (C=O) groups is 1. The average Bonchev–Trinajstić information content (AvgIpc) is 1.94. The fourth-order valence-corrected chi connectivity index (χ4v) is 2.08. The number of aliphatic carboxylic acids is 1. The Labute approximate surface area is 80.3 Å². The van der Waals surface area contributed by atoms with Crippen molar-refractivity contribution in [2.45, 2.75) is 47.0 Å². The first-order valence-corrected chi connectivity index (χ1v) is 4.99. The van der Waals surface area contributed by atoms with Crippen molar-refractivity contribution >= 4 is 5.97 Å². The minimum absolute atomic E-state index is 0.122. The Morgan fingerprint density at radius 1 is 1.23 bits per heavy atom. The SMILES string of the molecule is CC1(C)CCC(C(=O)O)CC1(C)C. The van der Waals surface area contributed by atoms with Gasteiger partial charge in [0.05, 0.1) is 5.92 Å². The standard InChI is InChI=1S/C11H20O2/c1-10(2)6-5-8(9(12)13)7-11(10,3)4/h8H,5-7H2,1-4H3,(H,12,13). The van der Waals surface area contributed by atoms with Crippen molar-refractivity contribution in [1.82, 2.24) is 0 Å². The molecule has 1 N–H and O–H groups in total. The van der Waals surface area contributed by atoms with Gasteiger partial charge in [0, 0.05) is 0 Å². The van der Waals surface area contributed by atoms with Gasteiger partial charge in [-0.2, -0.15) is 0 Å². The van der Waals surface area contributed by atoms with Gasteiger partial charge in [-0.3, -0.25) is 4.79 Å².